The van der Waals surface area contributed by atoms with Crippen molar-refractivity contribution >= 4 is 21.6 Å². The Morgan fingerprint density at radius 2 is 1.55 bits per heavy atom. The molecular weight excluding hydrogens is 408 g/mol. The molecule has 6 heteroatoms. The summed E-state index contributed by atoms with van der Waals surface area (Å²) in [7, 11) is -3.48. The molecule has 3 rings (SSSR count). The predicted molar refractivity (Wildman–Crippen MR) is 126 cm³/mol. The van der Waals surface area contributed by atoms with E-state index in [0.29, 0.717) is 11.3 Å². The Bertz CT molecular complexity index is 1110. The number of aryl methyl sites for hydroxylation is 1. The molecular formula is C25H28N2O3S. The van der Waals surface area contributed by atoms with Crippen molar-refractivity contribution in [3.63, 3.8) is 0 Å². The maximum absolute atomic E-state index is 12.8. The van der Waals surface area contributed by atoms with Crippen LogP contribution in [-0.4, -0.2) is 20.6 Å². The summed E-state index contributed by atoms with van der Waals surface area (Å²) in [5, 5.41) is 3.07. The van der Waals surface area contributed by atoms with Crippen LogP contribution in [0.4, 0.5) is 5.69 Å². The maximum atomic E-state index is 12.8. The highest BCUT2D eigenvalue weighted by Gasteiger charge is 2.19. The third-order valence-electron chi connectivity index (χ3n) is 5.18. The molecule has 162 valence electrons. The molecule has 0 bridgehead atoms. The van der Waals surface area contributed by atoms with E-state index in [1.807, 2.05) is 68.4 Å². The number of hydrogen-bond acceptors (Lipinski definition) is 3. The maximum Gasteiger partial charge on any atom is 0.251 e. The van der Waals surface area contributed by atoms with Gasteiger partial charge in [-0.05, 0) is 48.7 Å². The third-order valence-corrected chi connectivity index (χ3v) is 6.32. The highest BCUT2D eigenvalue weighted by molar-refractivity contribution is 7.92. The first-order chi connectivity index (χ1) is 14.8. The zero-order valence-electron chi connectivity index (χ0n) is 18.1. The summed E-state index contributed by atoms with van der Waals surface area (Å²) in [6, 6.07) is 24.1. The number of carbonyl (C=O) groups excluding carboxylic acids is 1. The van der Waals surface area contributed by atoms with Crippen molar-refractivity contribution in [3.8, 4) is 0 Å². The van der Waals surface area contributed by atoms with E-state index < -0.39 is 10.0 Å². The number of rotatable bonds is 8. The molecule has 0 saturated carbocycles. The molecule has 5 nitrogen and oxygen atoms in total. The van der Waals surface area contributed by atoms with E-state index in [0.717, 1.165) is 17.5 Å². The van der Waals surface area contributed by atoms with Gasteiger partial charge in [0.1, 0.15) is 0 Å². The van der Waals surface area contributed by atoms with Crippen LogP contribution in [0.25, 0.3) is 0 Å². The lowest BCUT2D eigenvalue weighted by Crippen LogP contribution is -2.30. The van der Waals surface area contributed by atoms with Gasteiger partial charge in [-0.3, -0.25) is 9.10 Å². The van der Waals surface area contributed by atoms with E-state index in [9.17, 15) is 13.2 Å². The van der Waals surface area contributed by atoms with Crippen LogP contribution in [0.3, 0.4) is 0 Å². The van der Waals surface area contributed by atoms with Gasteiger partial charge in [0.15, 0.2) is 0 Å². The van der Waals surface area contributed by atoms with E-state index >= 15 is 0 Å². The molecule has 3 aromatic carbocycles. The quantitative estimate of drug-likeness (QED) is 0.549. The second-order valence-corrected chi connectivity index (χ2v) is 9.55. The summed E-state index contributed by atoms with van der Waals surface area (Å²) >= 11 is 0. The van der Waals surface area contributed by atoms with E-state index in [4.69, 9.17) is 0 Å². The minimum absolute atomic E-state index is 0.0848. The third kappa shape index (κ3) is 5.95. The molecule has 0 aliphatic rings. The van der Waals surface area contributed by atoms with Gasteiger partial charge in [-0.2, -0.15) is 0 Å². The van der Waals surface area contributed by atoms with Crippen molar-refractivity contribution in [2.24, 2.45) is 0 Å². The second-order valence-electron chi connectivity index (χ2n) is 7.65. The zero-order valence-corrected chi connectivity index (χ0v) is 18.9. The van der Waals surface area contributed by atoms with Crippen molar-refractivity contribution < 1.29 is 13.2 Å². The van der Waals surface area contributed by atoms with E-state index in [1.54, 1.807) is 24.3 Å². The van der Waals surface area contributed by atoms with E-state index in [2.05, 4.69) is 5.32 Å². The summed E-state index contributed by atoms with van der Waals surface area (Å²) in [5.74, 6) is -0.187. The second kappa shape index (κ2) is 9.79. The number of nitrogens with zero attached hydrogens (tertiary/aromatic N) is 1. The van der Waals surface area contributed by atoms with Crippen LogP contribution < -0.4 is 9.62 Å². The first kappa shape index (κ1) is 22.6. The summed E-state index contributed by atoms with van der Waals surface area (Å²) in [6.07, 6.45) is 1.95. The Hall–Kier alpha value is -3.12. The van der Waals surface area contributed by atoms with E-state index in [1.165, 1.54) is 16.1 Å². The number of sulfonamides is 1. The number of carbonyl (C=O) groups is 1. The van der Waals surface area contributed by atoms with Crippen LogP contribution in [-0.2, 0) is 16.6 Å². The summed E-state index contributed by atoms with van der Waals surface area (Å²) in [6.45, 7) is 4.29. The number of amides is 1. The summed E-state index contributed by atoms with van der Waals surface area (Å²) in [4.78, 5) is 12.8. The fourth-order valence-corrected chi connectivity index (χ4v) is 4.28. The minimum Gasteiger partial charge on any atom is -0.345 e. The van der Waals surface area contributed by atoms with Gasteiger partial charge in [-0.25, -0.2) is 8.42 Å². The Kier molecular flexibility index (Phi) is 7.13. The molecule has 0 fully saturated rings. The molecule has 0 radical (unpaired) electrons. The normalized spacial score (nSPS) is 12.2. The predicted octanol–water partition coefficient (Wildman–Crippen LogP) is 4.84. The van der Waals surface area contributed by atoms with Crippen molar-refractivity contribution in [1.29, 1.82) is 0 Å². The van der Waals surface area contributed by atoms with Crippen LogP contribution in [0.1, 0.15) is 46.4 Å². The van der Waals surface area contributed by atoms with Gasteiger partial charge in [0.2, 0.25) is 10.0 Å². The van der Waals surface area contributed by atoms with Crippen LogP contribution >= 0.6 is 0 Å². The van der Waals surface area contributed by atoms with Crippen LogP contribution in [0.2, 0.25) is 0 Å². The molecule has 0 unspecified atom stereocenters. The molecule has 0 heterocycles. The minimum atomic E-state index is -3.48. The van der Waals surface area contributed by atoms with Crippen molar-refractivity contribution in [2.75, 3.05) is 10.6 Å². The highest BCUT2D eigenvalue weighted by Crippen LogP contribution is 2.22. The fourth-order valence-electron chi connectivity index (χ4n) is 3.39. The van der Waals surface area contributed by atoms with Gasteiger partial charge < -0.3 is 5.32 Å². The topological polar surface area (TPSA) is 66.5 Å². The molecule has 0 aliphatic carbocycles. The van der Waals surface area contributed by atoms with Crippen molar-refractivity contribution in [1.82, 2.24) is 5.32 Å². The first-order valence-electron chi connectivity index (χ1n) is 10.3. The Morgan fingerprint density at radius 1 is 0.935 bits per heavy atom. The Morgan fingerprint density at radius 3 is 2.10 bits per heavy atom. The Labute approximate surface area is 184 Å². The lowest BCUT2D eigenvalue weighted by molar-refractivity contribution is 0.0935. The molecule has 0 saturated heterocycles. The summed E-state index contributed by atoms with van der Waals surface area (Å²) in [5.41, 5.74) is 4.13. The van der Waals surface area contributed by atoms with Crippen LogP contribution in [0.15, 0.2) is 78.9 Å². The molecule has 0 aromatic heterocycles. The van der Waals surface area contributed by atoms with Crippen LogP contribution in [0.5, 0.6) is 0 Å². The Balaban J connectivity index is 1.77. The summed E-state index contributed by atoms with van der Waals surface area (Å²) < 4.78 is 26.1. The molecule has 0 spiro atoms. The first-order valence-corrected chi connectivity index (χ1v) is 12.1. The molecule has 3 aromatic rings. The molecule has 31 heavy (non-hydrogen) atoms. The van der Waals surface area contributed by atoms with Gasteiger partial charge in [-0.15, -0.1) is 0 Å². The average molecular weight is 437 g/mol. The van der Waals surface area contributed by atoms with Crippen LogP contribution in [0, 0.1) is 6.92 Å². The van der Waals surface area contributed by atoms with Gasteiger partial charge in [0.25, 0.3) is 5.91 Å². The molecule has 1 amide bonds. The van der Waals surface area contributed by atoms with Crippen molar-refractivity contribution in [2.45, 2.75) is 32.9 Å². The van der Waals surface area contributed by atoms with Gasteiger partial charge in [0, 0.05) is 5.56 Å². The lowest BCUT2D eigenvalue weighted by Gasteiger charge is -2.23. The highest BCUT2D eigenvalue weighted by atomic mass is 32.2. The van der Waals surface area contributed by atoms with E-state index in [-0.39, 0.29) is 18.5 Å². The fraction of sp³-hybridized carbons (Fsp3) is 0.240. The molecule has 0 aliphatic heterocycles. The number of nitrogens with one attached hydrogen (secondary N) is 1. The number of benzene rings is 3. The SMILES string of the molecule is CC[C@@H](NC(=O)c1ccc(N(Cc2ccccc2)S(C)(=O)=O)cc1)c1ccc(C)cc1. The largest absolute Gasteiger partial charge is 0.345 e. The standard InChI is InChI=1S/C25H28N2O3S/c1-4-24(21-12-10-19(2)11-13-21)26-25(28)22-14-16-23(17-15-22)27(31(3,29)30)18-20-8-6-5-7-9-20/h5-17,24H,4,18H2,1-3H3,(H,26,28)/t24-/m1/s1. The lowest BCUT2D eigenvalue weighted by atomic mass is 10.0. The van der Waals surface area contributed by atoms with Gasteiger partial charge >= 0.3 is 0 Å². The molecule has 1 atom stereocenters. The number of anilines is 1. The molecule has 1 N–H and O–H groups in total. The monoisotopic (exact) mass is 436 g/mol. The number of hydrogen-bond donors (Lipinski definition) is 1. The average Bonchev–Trinajstić information content (AvgIpc) is 2.76. The van der Waals surface area contributed by atoms with Gasteiger partial charge in [0.05, 0.1) is 24.5 Å². The van der Waals surface area contributed by atoms with Gasteiger partial charge in [-0.1, -0.05) is 67.1 Å². The smallest absolute Gasteiger partial charge is 0.251 e. The van der Waals surface area contributed by atoms with Crippen molar-refractivity contribution in [3.05, 3.63) is 101 Å². The zero-order chi connectivity index (χ0) is 22.4.